The zero-order chi connectivity index (χ0) is 13.5. The Morgan fingerprint density at radius 2 is 1.72 bits per heavy atom. The zero-order valence-electron chi connectivity index (χ0n) is 11.7. The quantitative estimate of drug-likeness (QED) is 0.703. The maximum atomic E-state index is 14.3. The van der Waals surface area contributed by atoms with E-state index in [-0.39, 0.29) is 17.2 Å². The highest BCUT2D eigenvalue weighted by atomic mass is 19.1. The molecule has 0 aliphatic heterocycles. The molecule has 0 fully saturated rings. The topological polar surface area (TPSA) is 12.9 Å². The molecule has 0 saturated heterocycles. The van der Waals surface area contributed by atoms with Crippen LogP contribution < -0.4 is 0 Å². The van der Waals surface area contributed by atoms with Crippen LogP contribution in [0.15, 0.2) is 24.3 Å². The molecule has 0 atom stereocenters. The van der Waals surface area contributed by atoms with E-state index in [9.17, 15) is 4.39 Å². The average molecular weight is 245 g/mol. The maximum Gasteiger partial charge on any atom is 0.136 e. The Labute approximate surface area is 108 Å². The molecule has 0 N–H and O–H groups in total. The highest BCUT2D eigenvalue weighted by Gasteiger charge is 2.17. The summed E-state index contributed by atoms with van der Waals surface area (Å²) in [5, 5.41) is 0.620. The molecule has 0 unspecified atom stereocenters. The van der Waals surface area contributed by atoms with Crippen molar-refractivity contribution in [1.29, 1.82) is 0 Å². The molecule has 0 spiro atoms. The van der Waals surface area contributed by atoms with E-state index in [2.05, 4.69) is 25.8 Å². The van der Waals surface area contributed by atoms with Gasteiger partial charge in [0.1, 0.15) is 5.82 Å². The molecule has 1 heterocycles. The largest absolute Gasteiger partial charge is 0.252 e. The Hall–Kier alpha value is -1.44. The van der Waals surface area contributed by atoms with Crippen LogP contribution in [-0.4, -0.2) is 4.98 Å². The summed E-state index contributed by atoms with van der Waals surface area (Å²) in [6.07, 6.45) is 0. The van der Waals surface area contributed by atoms with Gasteiger partial charge in [-0.2, -0.15) is 0 Å². The van der Waals surface area contributed by atoms with Crippen molar-refractivity contribution in [2.75, 3.05) is 0 Å². The van der Waals surface area contributed by atoms with Crippen molar-refractivity contribution in [2.45, 2.75) is 46.0 Å². The second-order valence-corrected chi connectivity index (χ2v) is 6.14. The fourth-order valence-electron chi connectivity index (χ4n) is 2.05. The van der Waals surface area contributed by atoms with E-state index in [1.165, 1.54) is 0 Å². The molecule has 96 valence electrons. The summed E-state index contributed by atoms with van der Waals surface area (Å²) < 4.78 is 14.3. The van der Waals surface area contributed by atoms with E-state index >= 15 is 0 Å². The first-order chi connectivity index (χ1) is 8.30. The van der Waals surface area contributed by atoms with Crippen molar-refractivity contribution in [3.8, 4) is 0 Å². The number of pyridine rings is 1. The first kappa shape index (κ1) is 13.0. The predicted octanol–water partition coefficient (Wildman–Crippen LogP) is 4.79. The van der Waals surface area contributed by atoms with Crippen LogP contribution in [0.1, 0.15) is 51.8 Å². The van der Waals surface area contributed by atoms with Gasteiger partial charge >= 0.3 is 0 Å². The van der Waals surface area contributed by atoms with Gasteiger partial charge in [0.2, 0.25) is 0 Å². The van der Waals surface area contributed by atoms with Crippen LogP contribution in [0.2, 0.25) is 0 Å². The number of halogens is 1. The minimum atomic E-state index is -0.129. The Morgan fingerprint density at radius 3 is 2.28 bits per heavy atom. The fraction of sp³-hybridized carbons (Fsp3) is 0.438. The Balaban J connectivity index is 2.65. The van der Waals surface area contributed by atoms with Gasteiger partial charge in [-0.3, -0.25) is 4.98 Å². The Kier molecular flexibility index (Phi) is 3.14. The summed E-state index contributed by atoms with van der Waals surface area (Å²) in [5.74, 6) is 0.0622. The molecule has 1 nitrogen and oxygen atoms in total. The molecule has 0 amide bonds. The van der Waals surface area contributed by atoms with Crippen LogP contribution in [0.5, 0.6) is 0 Å². The van der Waals surface area contributed by atoms with Gasteiger partial charge in [0.05, 0.1) is 5.52 Å². The van der Waals surface area contributed by atoms with Gasteiger partial charge in [0.25, 0.3) is 0 Å². The molecule has 18 heavy (non-hydrogen) atoms. The van der Waals surface area contributed by atoms with Crippen LogP contribution in [0.25, 0.3) is 10.9 Å². The molecule has 0 radical (unpaired) electrons. The van der Waals surface area contributed by atoms with Gasteiger partial charge < -0.3 is 0 Å². The molecule has 1 aromatic heterocycles. The summed E-state index contributed by atoms with van der Waals surface area (Å²) in [5.41, 5.74) is 2.48. The number of hydrogen-bond donors (Lipinski definition) is 0. The monoisotopic (exact) mass is 245 g/mol. The first-order valence-electron chi connectivity index (χ1n) is 6.40. The molecule has 2 heteroatoms. The fourth-order valence-corrected chi connectivity index (χ4v) is 2.05. The van der Waals surface area contributed by atoms with Crippen molar-refractivity contribution >= 4 is 10.9 Å². The van der Waals surface area contributed by atoms with E-state index in [1.807, 2.05) is 38.1 Å². The second kappa shape index (κ2) is 4.34. The van der Waals surface area contributed by atoms with Crippen molar-refractivity contribution < 1.29 is 4.39 Å². The SMILES string of the molecule is CC(C)c1ccc2nc(C(C)(C)C)ccc2c1F. The zero-order valence-corrected chi connectivity index (χ0v) is 11.7. The third-order valence-electron chi connectivity index (χ3n) is 3.23. The van der Waals surface area contributed by atoms with Crippen molar-refractivity contribution in [2.24, 2.45) is 0 Å². The summed E-state index contributed by atoms with van der Waals surface area (Å²) >= 11 is 0. The Morgan fingerprint density at radius 1 is 1.06 bits per heavy atom. The highest BCUT2D eigenvalue weighted by Crippen LogP contribution is 2.28. The van der Waals surface area contributed by atoms with Crippen LogP contribution >= 0.6 is 0 Å². The van der Waals surface area contributed by atoms with E-state index in [0.717, 1.165) is 16.8 Å². The van der Waals surface area contributed by atoms with E-state index in [4.69, 9.17) is 0 Å². The Bertz CT molecular complexity index is 579. The van der Waals surface area contributed by atoms with Crippen molar-refractivity contribution in [3.63, 3.8) is 0 Å². The van der Waals surface area contributed by atoms with Crippen molar-refractivity contribution in [3.05, 3.63) is 41.3 Å². The molecular weight excluding hydrogens is 225 g/mol. The lowest BCUT2D eigenvalue weighted by molar-refractivity contribution is 0.570. The average Bonchev–Trinajstić information content (AvgIpc) is 2.27. The third-order valence-corrected chi connectivity index (χ3v) is 3.23. The molecule has 1 aromatic carbocycles. The normalized spacial score (nSPS) is 12.4. The minimum absolute atomic E-state index is 0.0125. The first-order valence-corrected chi connectivity index (χ1v) is 6.40. The molecular formula is C16H20FN. The molecule has 2 aromatic rings. The predicted molar refractivity (Wildman–Crippen MR) is 74.5 cm³/mol. The lowest BCUT2D eigenvalue weighted by Gasteiger charge is -2.18. The lowest BCUT2D eigenvalue weighted by atomic mass is 9.91. The van der Waals surface area contributed by atoms with Gasteiger partial charge in [0.15, 0.2) is 0 Å². The second-order valence-electron chi connectivity index (χ2n) is 6.14. The van der Waals surface area contributed by atoms with E-state index in [1.54, 1.807) is 0 Å². The number of benzene rings is 1. The van der Waals surface area contributed by atoms with Gasteiger partial charge in [-0.05, 0) is 29.7 Å². The number of hydrogen-bond acceptors (Lipinski definition) is 1. The van der Waals surface area contributed by atoms with Crippen LogP contribution in [0.4, 0.5) is 4.39 Å². The van der Waals surface area contributed by atoms with Gasteiger partial charge in [0, 0.05) is 16.5 Å². The summed E-state index contributed by atoms with van der Waals surface area (Å²) in [4.78, 5) is 4.57. The number of nitrogens with zero attached hydrogens (tertiary/aromatic N) is 1. The molecule has 2 rings (SSSR count). The smallest absolute Gasteiger partial charge is 0.136 e. The van der Waals surface area contributed by atoms with Crippen molar-refractivity contribution in [1.82, 2.24) is 4.98 Å². The van der Waals surface area contributed by atoms with E-state index < -0.39 is 0 Å². The lowest BCUT2D eigenvalue weighted by Crippen LogP contribution is -2.13. The van der Waals surface area contributed by atoms with Gasteiger partial charge in [-0.15, -0.1) is 0 Å². The van der Waals surface area contributed by atoms with Gasteiger partial charge in [-0.25, -0.2) is 4.39 Å². The van der Waals surface area contributed by atoms with Crippen LogP contribution in [-0.2, 0) is 5.41 Å². The molecule has 0 aliphatic rings. The standard InChI is InChI=1S/C16H20FN/c1-10(2)11-6-8-13-12(15(11)17)7-9-14(18-13)16(3,4)5/h6-10H,1-5H3. The molecule has 0 bridgehead atoms. The molecule has 0 aliphatic carbocycles. The summed E-state index contributed by atoms with van der Waals surface area (Å²) in [6, 6.07) is 7.55. The molecule has 0 saturated carbocycles. The third kappa shape index (κ3) is 2.24. The number of rotatable bonds is 1. The number of fused-ring (bicyclic) bond motifs is 1. The maximum absolute atomic E-state index is 14.3. The number of aromatic nitrogens is 1. The summed E-state index contributed by atoms with van der Waals surface area (Å²) in [7, 11) is 0. The summed E-state index contributed by atoms with van der Waals surface area (Å²) in [6.45, 7) is 10.3. The highest BCUT2D eigenvalue weighted by molar-refractivity contribution is 5.80. The van der Waals surface area contributed by atoms with Crippen LogP contribution in [0, 0.1) is 5.82 Å². The van der Waals surface area contributed by atoms with Crippen LogP contribution in [0.3, 0.4) is 0 Å². The minimum Gasteiger partial charge on any atom is -0.252 e. The van der Waals surface area contributed by atoms with E-state index in [0.29, 0.717) is 5.39 Å². The van der Waals surface area contributed by atoms with Gasteiger partial charge in [-0.1, -0.05) is 40.7 Å².